The minimum Gasteiger partial charge on any atom is -0.507 e. The van der Waals surface area contributed by atoms with Crippen molar-refractivity contribution in [2.45, 2.75) is 37.9 Å². The summed E-state index contributed by atoms with van der Waals surface area (Å²) in [5.74, 6) is -1.31. The normalized spacial score (nSPS) is 13.5. The molecule has 0 aliphatic heterocycles. The van der Waals surface area contributed by atoms with Gasteiger partial charge in [-0.3, -0.25) is 4.79 Å². The Morgan fingerprint density at radius 1 is 1.00 bits per heavy atom. The van der Waals surface area contributed by atoms with E-state index in [0.29, 0.717) is 11.3 Å². The lowest BCUT2D eigenvalue weighted by Crippen LogP contribution is -2.31. The number of nitrogens with zero attached hydrogens (tertiary/aromatic N) is 2. The number of anilines is 1. The lowest BCUT2D eigenvalue weighted by molar-refractivity contribution is -0.137. The fraction of sp³-hybridized carbons (Fsp3) is 0.207. The first-order valence-electron chi connectivity index (χ1n) is 12.5. The zero-order valence-electron chi connectivity index (χ0n) is 21.0. The highest BCUT2D eigenvalue weighted by atomic mass is 19.4. The zero-order chi connectivity index (χ0) is 28.4. The maximum atomic E-state index is 14.0. The number of alkyl halides is 3. The van der Waals surface area contributed by atoms with Gasteiger partial charge in [-0.05, 0) is 61.4 Å². The number of halogens is 4. The highest BCUT2D eigenvalue weighted by Gasteiger charge is 2.31. The number of rotatable bonds is 6. The summed E-state index contributed by atoms with van der Waals surface area (Å²) in [6, 6.07) is 15.4. The molecule has 40 heavy (non-hydrogen) atoms. The van der Waals surface area contributed by atoms with E-state index in [1.54, 1.807) is 24.3 Å². The molecule has 3 N–H and O–H groups in total. The van der Waals surface area contributed by atoms with Crippen LogP contribution in [0.1, 0.15) is 52.4 Å². The molecule has 1 aromatic heterocycles. The van der Waals surface area contributed by atoms with E-state index in [0.717, 1.165) is 37.5 Å². The second-order valence-corrected chi connectivity index (χ2v) is 9.51. The molecule has 1 aliphatic carbocycles. The molecule has 2 amide bonds. The summed E-state index contributed by atoms with van der Waals surface area (Å²) >= 11 is 0. The van der Waals surface area contributed by atoms with Gasteiger partial charge in [0.2, 0.25) is 0 Å². The van der Waals surface area contributed by atoms with Crippen molar-refractivity contribution in [3.8, 4) is 17.0 Å². The number of phenols is 1. The quantitative estimate of drug-likeness (QED) is 0.183. The molecule has 0 radical (unpaired) electrons. The van der Waals surface area contributed by atoms with Crippen LogP contribution in [0.15, 0.2) is 72.8 Å². The predicted molar refractivity (Wildman–Crippen MR) is 139 cm³/mol. The number of carbonyl (C=O) groups excluding carboxylic acids is 2. The Morgan fingerprint density at radius 3 is 2.48 bits per heavy atom. The Morgan fingerprint density at radius 2 is 1.77 bits per heavy atom. The first kappa shape index (κ1) is 26.9. The topological polar surface area (TPSA) is 96.2 Å². The smallest absolute Gasteiger partial charge is 0.416 e. The lowest BCUT2D eigenvalue weighted by atomic mass is 9.82. The van der Waals surface area contributed by atoms with Gasteiger partial charge in [0, 0.05) is 34.8 Å². The molecule has 3 aromatic carbocycles. The van der Waals surface area contributed by atoms with Gasteiger partial charge in [-0.15, -0.1) is 0 Å². The van der Waals surface area contributed by atoms with Gasteiger partial charge in [-0.2, -0.15) is 23.0 Å². The van der Waals surface area contributed by atoms with E-state index < -0.39 is 29.5 Å². The van der Waals surface area contributed by atoms with Crippen molar-refractivity contribution in [2.24, 2.45) is 0 Å². The number of hydrogen-bond acceptors (Lipinski definition) is 4. The lowest BCUT2D eigenvalue weighted by Gasteiger charge is -2.25. The van der Waals surface area contributed by atoms with Gasteiger partial charge in [0.15, 0.2) is 0 Å². The zero-order valence-corrected chi connectivity index (χ0v) is 21.0. The largest absolute Gasteiger partial charge is 0.507 e. The molecule has 1 fully saturated rings. The predicted octanol–water partition coefficient (Wildman–Crippen LogP) is 6.69. The number of phenolic OH excluding ortho intramolecular Hbond substituents is 1. The summed E-state index contributed by atoms with van der Waals surface area (Å²) < 4.78 is 54.4. The second kappa shape index (κ2) is 10.8. The summed E-state index contributed by atoms with van der Waals surface area (Å²) in [6.45, 7) is -0.0485. The van der Waals surface area contributed by atoms with Gasteiger partial charge in [-0.25, -0.2) is 9.18 Å². The molecule has 1 heterocycles. The number of aromatic hydroxyl groups is 1. The molecule has 0 unspecified atom stereocenters. The SMILES string of the molecule is O=C(Nc1ccc(O)c(-c2cc(C3CCC3)n(C(=O)NCc3ccccc3F)n2)c1)c1cccc(C(F)(F)F)c1. The average molecular weight is 553 g/mol. The van der Waals surface area contributed by atoms with Gasteiger partial charge in [0.1, 0.15) is 11.6 Å². The molecule has 1 aliphatic rings. The Kier molecular flexibility index (Phi) is 7.29. The van der Waals surface area contributed by atoms with Crippen LogP contribution in [-0.4, -0.2) is 26.8 Å². The summed E-state index contributed by atoms with van der Waals surface area (Å²) in [6.07, 6.45) is -1.90. The van der Waals surface area contributed by atoms with Crippen molar-refractivity contribution in [3.05, 3.63) is 101 Å². The van der Waals surface area contributed by atoms with Crippen molar-refractivity contribution < 1.29 is 32.3 Å². The van der Waals surface area contributed by atoms with Crippen LogP contribution in [0.2, 0.25) is 0 Å². The van der Waals surface area contributed by atoms with Gasteiger partial charge in [0.05, 0.1) is 17.0 Å². The molecule has 0 saturated heterocycles. The van der Waals surface area contributed by atoms with Crippen LogP contribution in [0.25, 0.3) is 11.3 Å². The van der Waals surface area contributed by atoms with Crippen LogP contribution in [0.3, 0.4) is 0 Å². The molecule has 5 rings (SSSR count). The van der Waals surface area contributed by atoms with Crippen LogP contribution in [0.4, 0.5) is 28.0 Å². The average Bonchev–Trinajstić information content (AvgIpc) is 3.32. The third-order valence-corrected chi connectivity index (χ3v) is 6.82. The van der Waals surface area contributed by atoms with E-state index in [1.165, 1.54) is 35.0 Å². The molecule has 0 spiro atoms. The van der Waals surface area contributed by atoms with Gasteiger partial charge in [-0.1, -0.05) is 30.7 Å². The van der Waals surface area contributed by atoms with Crippen molar-refractivity contribution in [1.29, 1.82) is 0 Å². The van der Waals surface area contributed by atoms with Crippen LogP contribution in [0.5, 0.6) is 5.75 Å². The first-order chi connectivity index (χ1) is 19.1. The molecule has 0 bridgehead atoms. The fourth-order valence-electron chi connectivity index (χ4n) is 4.43. The molecule has 0 atom stereocenters. The van der Waals surface area contributed by atoms with Crippen LogP contribution in [0, 0.1) is 5.82 Å². The Bertz CT molecular complexity index is 1580. The van der Waals surface area contributed by atoms with Crippen molar-refractivity contribution >= 4 is 17.6 Å². The number of aromatic nitrogens is 2. The molecular formula is C29H24F4N4O3. The van der Waals surface area contributed by atoms with Crippen molar-refractivity contribution in [2.75, 3.05) is 5.32 Å². The van der Waals surface area contributed by atoms with E-state index in [2.05, 4.69) is 15.7 Å². The molecular weight excluding hydrogens is 528 g/mol. The van der Waals surface area contributed by atoms with Crippen LogP contribution >= 0.6 is 0 Å². The minimum atomic E-state index is -4.60. The molecule has 4 aromatic rings. The van der Waals surface area contributed by atoms with E-state index in [1.807, 2.05) is 0 Å². The fourth-order valence-corrected chi connectivity index (χ4v) is 4.43. The Labute approximate surface area is 226 Å². The van der Waals surface area contributed by atoms with Crippen molar-refractivity contribution in [1.82, 2.24) is 15.1 Å². The van der Waals surface area contributed by atoms with Crippen molar-refractivity contribution in [3.63, 3.8) is 0 Å². The Hall–Kier alpha value is -4.67. The third-order valence-electron chi connectivity index (χ3n) is 6.82. The van der Waals surface area contributed by atoms with E-state index in [-0.39, 0.29) is 40.7 Å². The number of hydrogen-bond donors (Lipinski definition) is 3. The van der Waals surface area contributed by atoms with E-state index >= 15 is 0 Å². The van der Waals surface area contributed by atoms with Gasteiger partial charge < -0.3 is 15.7 Å². The summed E-state index contributed by atoms with van der Waals surface area (Å²) in [7, 11) is 0. The van der Waals surface area contributed by atoms with Gasteiger partial charge >= 0.3 is 12.2 Å². The standard InChI is InChI=1S/C29H24F4N4O3/c30-23-10-2-1-5-19(23)16-34-28(40)37-25(17-6-3-7-17)15-24(36-37)22-14-21(11-12-26(22)38)35-27(39)18-8-4-9-20(13-18)29(31,32)33/h1-2,4-5,8-15,17,38H,3,6-7,16H2,(H,34,40)(H,35,39). The van der Waals surface area contributed by atoms with E-state index in [4.69, 9.17) is 0 Å². The number of benzene rings is 3. The van der Waals surface area contributed by atoms with Crippen LogP contribution in [-0.2, 0) is 12.7 Å². The minimum absolute atomic E-state index is 0.0485. The number of nitrogens with one attached hydrogen (secondary N) is 2. The summed E-state index contributed by atoms with van der Waals surface area (Å²) in [4.78, 5) is 25.7. The molecule has 7 nitrogen and oxygen atoms in total. The maximum absolute atomic E-state index is 14.0. The molecule has 1 saturated carbocycles. The number of carbonyl (C=O) groups is 2. The molecule has 11 heteroatoms. The summed E-state index contributed by atoms with van der Waals surface area (Å²) in [5, 5.41) is 20.2. The second-order valence-electron chi connectivity index (χ2n) is 9.51. The Balaban J connectivity index is 1.40. The maximum Gasteiger partial charge on any atom is 0.416 e. The van der Waals surface area contributed by atoms with Crippen LogP contribution < -0.4 is 10.6 Å². The summed E-state index contributed by atoms with van der Waals surface area (Å²) in [5.41, 5.74) is 0.486. The molecule has 206 valence electrons. The van der Waals surface area contributed by atoms with Gasteiger partial charge in [0.25, 0.3) is 5.91 Å². The highest BCUT2D eigenvalue weighted by molar-refractivity contribution is 6.04. The monoisotopic (exact) mass is 552 g/mol. The number of amides is 2. The third kappa shape index (κ3) is 5.68. The van der Waals surface area contributed by atoms with E-state index in [9.17, 15) is 32.3 Å². The highest BCUT2D eigenvalue weighted by Crippen LogP contribution is 2.39. The first-order valence-corrected chi connectivity index (χ1v) is 12.5.